The van der Waals surface area contributed by atoms with Crippen molar-refractivity contribution >= 4 is 33.5 Å². The minimum atomic E-state index is -0.428. The van der Waals surface area contributed by atoms with E-state index in [0.29, 0.717) is 16.8 Å². The number of aryl methyl sites for hydroxylation is 1. The third-order valence-electron chi connectivity index (χ3n) is 4.11. The lowest BCUT2D eigenvalue weighted by Gasteiger charge is -2.09. The average Bonchev–Trinajstić information content (AvgIpc) is 2.61. The topological polar surface area (TPSA) is 72.2 Å². The summed E-state index contributed by atoms with van der Waals surface area (Å²) in [6.45, 7) is 1.84. The van der Waals surface area contributed by atoms with E-state index in [0.717, 1.165) is 21.9 Å². The standard InChI is InChI=1S/C20H14N2O3/c1-12-10-19(23)25-18-11-13(6-7-14(12)18)20(24)22-17-8-9-21-16-5-3-2-4-15(16)17/h2-11H,1H3,(H,21,22,24). The quantitative estimate of drug-likeness (QED) is 0.566. The maximum absolute atomic E-state index is 12.6. The molecule has 4 rings (SSSR count). The van der Waals surface area contributed by atoms with Gasteiger partial charge >= 0.3 is 5.63 Å². The molecule has 0 unspecified atom stereocenters. The van der Waals surface area contributed by atoms with Crippen molar-refractivity contribution in [1.82, 2.24) is 4.98 Å². The molecular formula is C20H14N2O3. The van der Waals surface area contributed by atoms with Gasteiger partial charge in [-0.05, 0) is 36.8 Å². The van der Waals surface area contributed by atoms with Crippen molar-refractivity contribution in [3.63, 3.8) is 0 Å². The van der Waals surface area contributed by atoms with Crippen LogP contribution in [0.15, 0.2) is 70.0 Å². The van der Waals surface area contributed by atoms with Crippen molar-refractivity contribution in [2.75, 3.05) is 5.32 Å². The minimum Gasteiger partial charge on any atom is -0.423 e. The number of para-hydroxylation sites is 1. The Morgan fingerprint density at radius 2 is 1.88 bits per heavy atom. The Kier molecular flexibility index (Phi) is 3.54. The third-order valence-corrected chi connectivity index (χ3v) is 4.11. The van der Waals surface area contributed by atoms with E-state index in [1.807, 2.05) is 31.2 Å². The number of fused-ring (bicyclic) bond motifs is 2. The Hall–Kier alpha value is -3.47. The summed E-state index contributed by atoms with van der Waals surface area (Å²) in [6, 6.07) is 15.9. The molecule has 122 valence electrons. The number of amides is 1. The van der Waals surface area contributed by atoms with Gasteiger partial charge < -0.3 is 9.73 Å². The summed E-state index contributed by atoms with van der Waals surface area (Å²) in [5.74, 6) is -0.276. The van der Waals surface area contributed by atoms with Gasteiger partial charge in [-0.3, -0.25) is 9.78 Å². The number of nitrogens with zero attached hydrogens (tertiary/aromatic N) is 1. The van der Waals surface area contributed by atoms with Gasteiger partial charge in [-0.25, -0.2) is 4.79 Å². The number of aromatic nitrogens is 1. The van der Waals surface area contributed by atoms with Gasteiger partial charge in [-0.1, -0.05) is 24.3 Å². The first kappa shape index (κ1) is 15.1. The van der Waals surface area contributed by atoms with Crippen LogP contribution in [-0.2, 0) is 0 Å². The first-order valence-corrected chi connectivity index (χ1v) is 7.81. The summed E-state index contributed by atoms with van der Waals surface area (Å²) >= 11 is 0. The Balaban J connectivity index is 1.73. The van der Waals surface area contributed by atoms with Crippen LogP contribution < -0.4 is 10.9 Å². The van der Waals surface area contributed by atoms with Crippen molar-refractivity contribution in [1.29, 1.82) is 0 Å². The van der Waals surface area contributed by atoms with Crippen LogP contribution in [0.25, 0.3) is 21.9 Å². The molecule has 1 amide bonds. The van der Waals surface area contributed by atoms with Crippen molar-refractivity contribution in [3.8, 4) is 0 Å². The van der Waals surface area contributed by atoms with Gasteiger partial charge in [0, 0.05) is 28.6 Å². The SMILES string of the molecule is Cc1cc(=O)oc2cc(C(=O)Nc3ccnc4ccccc34)ccc12. The van der Waals surface area contributed by atoms with Gasteiger partial charge in [0.05, 0.1) is 11.2 Å². The lowest BCUT2D eigenvalue weighted by molar-refractivity contribution is 0.102. The Morgan fingerprint density at radius 3 is 2.76 bits per heavy atom. The second-order valence-electron chi connectivity index (χ2n) is 5.79. The van der Waals surface area contributed by atoms with Gasteiger partial charge in [0.25, 0.3) is 5.91 Å². The molecule has 4 aromatic rings. The molecule has 0 aliphatic carbocycles. The van der Waals surface area contributed by atoms with Crippen LogP contribution in [0.4, 0.5) is 5.69 Å². The van der Waals surface area contributed by atoms with Crippen LogP contribution in [0, 0.1) is 6.92 Å². The van der Waals surface area contributed by atoms with Crippen LogP contribution in [0.1, 0.15) is 15.9 Å². The maximum Gasteiger partial charge on any atom is 0.336 e. The van der Waals surface area contributed by atoms with Crippen LogP contribution >= 0.6 is 0 Å². The summed E-state index contributed by atoms with van der Waals surface area (Å²) in [7, 11) is 0. The molecule has 0 spiro atoms. The lowest BCUT2D eigenvalue weighted by Crippen LogP contribution is -2.12. The molecular weight excluding hydrogens is 316 g/mol. The fourth-order valence-electron chi connectivity index (χ4n) is 2.87. The van der Waals surface area contributed by atoms with Gasteiger partial charge in [-0.2, -0.15) is 0 Å². The van der Waals surface area contributed by atoms with E-state index in [9.17, 15) is 9.59 Å². The largest absolute Gasteiger partial charge is 0.423 e. The summed E-state index contributed by atoms with van der Waals surface area (Å²) in [6.07, 6.45) is 1.65. The highest BCUT2D eigenvalue weighted by Gasteiger charge is 2.11. The fraction of sp³-hybridized carbons (Fsp3) is 0.0500. The molecule has 5 nitrogen and oxygen atoms in total. The van der Waals surface area contributed by atoms with Crippen LogP contribution in [0.5, 0.6) is 0 Å². The summed E-state index contributed by atoms with van der Waals surface area (Å²) in [4.78, 5) is 28.4. The molecule has 0 radical (unpaired) electrons. The normalized spacial score (nSPS) is 10.9. The summed E-state index contributed by atoms with van der Waals surface area (Å²) in [5, 5.41) is 4.57. The van der Waals surface area contributed by atoms with Crippen molar-refractivity contribution < 1.29 is 9.21 Å². The molecule has 5 heteroatoms. The van der Waals surface area contributed by atoms with Gasteiger partial charge in [-0.15, -0.1) is 0 Å². The molecule has 0 atom stereocenters. The minimum absolute atomic E-state index is 0.276. The number of anilines is 1. The number of carbonyl (C=O) groups excluding carboxylic acids is 1. The highest BCUT2D eigenvalue weighted by atomic mass is 16.4. The van der Waals surface area contributed by atoms with Crippen LogP contribution in [0.3, 0.4) is 0 Å². The second-order valence-corrected chi connectivity index (χ2v) is 5.79. The lowest BCUT2D eigenvalue weighted by atomic mass is 10.1. The number of nitrogens with one attached hydrogen (secondary N) is 1. The highest BCUT2D eigenvalue weighted by Crippen LogP contribution is 2.23. The predicted molar refractivity (Wildman–Crippen MR) is 96.9 cm³/mol. The zero-order chi connectivity index (χ0) is 17.4. The molecule has 25 heavy (non-hydrogen) atoms. The number of rotatable bonds is 2. The first-order valence-electron chi connectivity index (χ1n) is 7.81. The van der Waals surface area contributed by atoms with Gasteiger partial charge in [0.2, 0.25) is 0 Å². The van der Waals surface area contributed by atoms with Crippen molar-refractivity contribution in [2.24, 2.45) is 0 Å². The summed E-state index contributed by atoms with van der Waals surface area (Å²) in [5.41, 5.74) is 2.70. The van der Waals surface area contributed by atoms with E-state index < -0.39 is 5.63 Å². The smallest absolute Gasteiger partial charge is 0.336 e. The van der Waals surface area contributed by atoms with E-state index in [4.69, 9.17) is 4.42 Å². The van der Waals surface area contributed by atoms with Crippen LogP contribution in [0.2, 0.25) is 0 Å². The van der Waals surface area contributed by atoms with E-state index in [2.05, 4.69) is 10.3 Å². The average molecular weight is 330 g/mol. The Morgan fingerprint density at radius 1 is 1.04 bits per heavy atom. The molecule has 2 heterocycles. The third kappa shape index (κ3) is 2.76. The fourth-order valence-corrected chi connectivity index (χ4v) is 2.87. The number of benzene rings is 2. The molecule has 1 N–H and O–H groups in total. The zero-order valence-electron chi connectivity index (χ0n) is 13.4. The molecule has 2 aromatic heterocycles. The van der Waals surface area contributed by atoms with Crippen LogP contribution in [-0.4, -0.2) is 10.9 Å². The molecule has 0 aliphatic heterocycles. The van der Waals surface area contributed by atoms with E-state index in [1.54, 1.807) is 30.5 Å². The van der Waals surface area contributed by atoms with E-state index >= 15 is 0 Å². The summed E-state index contributed by atoms with van der Waals surface area (Å²) < 4.78 is 5.21. The molecule has 0 aliphatic rings. The monoisotopic (exact) mass is 330 g/mol. The van der Waals surface area contributed by atoms with Gasteiger partial charge in [0.1, 0.15) is 5.58 Å². The van der Waals surface area contributed by atoms with Crippen molar-refractivity contribution in [3.05, 3.63) is 82.3 Å². The number of carbonyl (C=O) groups is 1. The van der Waals surface area contributed by atoms with E-state index in [1.165, 1.54) is 6.07 Å². The molecule has 2 aromatic carbocycles. The Bertz CT molecular complexity index is 1170. The number of pyridine rings is 1. The molecule has 0 saturated heterocycles. The maximum atomic E-state index is 12.6. The zero-order valence-corrected chi connectivity index (χ0v) is 13.4. The highest BCUT2D eigenvalue weighted by molar-refractivity contribution is 6.09. The number of hydrogen-bond donors (Lipinski definition) is 1. The second kappa shape index (κ2) is 5.87. The Labute approximate surface area is 142 Å². The molecule has 0 bridgehead atoms. The number of hydrogen-bond acceptors (Lipinski definition) is 4. The molecule has 0 fully saturated rings. The first-order chi connectivity index (χ1) is 12.1. The van der Waals surface area contributed by atoms with Crippen molar-refractivity contribution in [2.45, 2.75) is 6.92 Å². The molecule has 0 saturated carbocycles. The van der Waals surface area contributed by atoms with E-state index in [-0.39, 0.29) is 5.91 Å². The predicted octanol–water partition coefficient (Wildman–Crippen LogP) is 3.90. The van der Waals surface area contributed by atoms with Gasteiger partial charge in [0.15, 0.2) is 0 Å².